The molecule has 0 rings (SSSR count). The summed E-state index contributed by atoms with van der Waals surface area (Å²) in [6, 6.07) is 0. The largest absolute Gasteiger partial charge is 0.472 e. The highest BCUT2D eigenvalue weighted by molar-refractivity contribution is 7.47. The molecule has 564 valence electrons. The van der Waals surface area contributed by atoms with Crippen molar-refractivity contribution in [3.63, 3.8) is 0 Å². The highest BCUT2D eigenvalue weighted by Gasteiger charge is 2.30. The molecular formula is C76H148O17P2. The van der Waals surface area contributed by atoms with Gasteiger partial charge in [0.25, 0.3) is 0 Å². The van der Waals surface area contributed by atoms with E-state index in [1.54, 1.807) is 0 Å². The molecule has 0 aliphatic rings. The number of esters is 4. The van der Waals surface area contributed by atoms with E-state index in [1.165, 1.54) is 218 Å². The van der Waals surface area contributed by atoms with E-state index in [0.29, 0.717) is 25.7 Å². The van der Waals surface area contributed by atoms with Crippen LogP contribution in [0.1, 0.15) is 401 Å². The molecule has 0 bridgehead atoms. The summed E-state index contributed by atoms with van der Waals surface area (Å²) in [6.45, 7) is 7.32. The molecule has 0 aromatic carbocycles. The summed E-state index contributed by atoms with van der Waals surface area (Å²) in [5.41, 5.74) is 0. The summed E-state index contributed by atoms with van der Waals surface area (Å²) in [5.74, 6) is -1.27. The third-order valence-electron chi connectivity index (χ3n) is 18.1. The first-order chi connectivity index (χ1) is 46.1. The third-order valence-corrected chi connectivity index (χ3v) is 20.0. The van der Waals surface area contributed by atoms with Crippen molar-refractivity contribution in [2.75, 3.05) is 39.6 Å². The second-order valence-corrected chi connectivity index (χ2v) is 30.5. The lowest BCUT2D eigenvalue weighted by Gasteiger charge is -2.21. The van der Waals surface area contributed by atoms with Gasteiger partial charge in [-0.1, -0.05) is 349 Å². The molecule has 0 heterocycles. The Labute approximate surface area is 581 Å². The Balaban J connectivity index is 5.21. The number of carbonyl (C=O) groups excluding carboxylic acids is 4. The van der Waals surface area contributed by atoms with Gasteiger partial charge in [0.15, 0.2) is 12.2 Å². The van der Waals surface area contributed by atoms with Gasteiger partial charge < -0.3 is 33.8 Å². The number of phosphoric acid groups is 2. The van der Waals surface area contributed by atoms with Crippen LogP contribution >= 0.6 is 15.6 Å². The maximum absolute atomic E-state index is 13.1. The average Bonchev–Trinajstić information content (AvgIpc) is 1.82. The molecule has 19 heteroatoms. The summed E-state index contributed by atoms with van der Waals surface area (Å²) in [7, 11) is -9.91. The molecule has 6 atom stereocenters. The quantitative estimate of drug-likeness (QED) is 0.0222. The SMILES string of the molecule is CCCCCCCCCCCCCCCCCCCC(=O)OC[C@H](COP(=O)(O)OC[C@@H](O)COP(=O)(O)OC[C@@H](COC(=O)CCCCCCCCCC)OC(=O)CCCCCCCCCCCCCC)OC(=O)CCCCCCCCCCCCCCCCC(C)CC. The van der Waals surface area contributed by atoms with Crippen LogP contribution in [0.25, 0.3) is 0 Å². The number of ether oxygens (including phenoxy) is 4. The fourth-order valence-electron chi connectivity index (χ4n) is 11.7. The zero-order chi connectivity index (χ0) is 69.8. The smallest absolute Gasteiger partial charge is 0.462 e. The minimum Gasteiger partial charge on any atom is -0.462 e. The lowest BCUT2D eigenvalue weighted by molar-refractivity contribution is -0.161. The van der Waals surface area contributed by atoms with Crippen LogP contribution in [0.5, 0.6) is 0 Å². The Bertz CT molecular complexity index is 1820. The van der Waals surface area contributed by atoms with E-state index in [2.05, 4.69) is 34.6 Å². The standard InChI is InChI=1S/C76H148O17P2/c1-6-10-13-16-19-22-24-26-27-28-29-33-37-40-45-50-55-60-74(79)87-66-72(93-76(81)62-57-52-47-42-38-34-31-30-32-35-39-43-48-53-58-69(5)9-4)68-91-95(84,85)89-64-70(77)63-88-94(82,83)90-67-71(65-86-73(78)59-54-49-44-21-18-15-12-8-3)92-75(80)61-56-51-46-41-36-25-23-20-17-14-11-7-2/h69-72,77H,6-68H2,1-5H3,(H,82,83)(H,84,85)/t69?,70-,71+,72+/m0/s1. The first-order valence-corrected chi connectivity index (χ1v) is 42.7. The van der Waals surface area contributed by atoms with Gasteiger partial charge in [-0.15, -0.1) is 0 Å². The van der Waals surface area contributed by atoms with Crippen LogP contribution in [-0.4, -0.2) is 96.7 Å². The van der Waals surface area contributed by atoms with Crippen molar-refractivity contribution < 1.29 is 80.2 Å². The van der Waals surface area contributed by atoms with Gasteiger partial charge >= 0.3 is 39.5 Å². The molecule has 3 N–H and O–H groups in total. The zero-order valence-corrected chi connectivity index (χ0v) is 63.6. The van der Waals surface area contributed by atoms with Gasteiger partial charge in [-0.05, 0) is 31.6 Å². The molecular weight excluding hydrogens is 1250 g/mol. The molecule has 0 radical (unpaired) electrons. The van der Waals surface area contributed by atoms with E-state index in [1.807, 2.05) is 0 Å². The zero-order valence-electron chi connectivity index (χ0n) is 61.8. The van der Waals surface area contributed by atoms with Crippen molar-refractivity contribution in [2.24, 2.45) is 5.92 Å². The number of aliphatic hydroxyl groups is 1. The highest BCUT2D eigenvalue weighted by atomic mass is 31.2. The number of rotatable bonds is 76. The molecule has 0 fully saturated rings. The van der Waals surface area contributed by atoms with Crippen molar-refractivity contribution in [3.05, 3.63) is 0 Å². The van der Waals surface area contributed by atoms with Crippen molar-refractivity contribution in [3.8, 4) is 0 Å². The number of unbranched alkanes of at least 4 members (excludes halogenated alkanes) is 47. The van der Waals surface area contributed by atoms with E-state index < -0.39 is 97.5 Å². The molecule has 0 saturated carbocycles. The molecule has 3 unspecified atom stereocenters. The fourth-order valence-corrected chi connectivity index (χ4v) is 13.3. The van der Waals surface area contributed by atoms with Gasteiger partial charge in [0.1, 0.15) is 19.3 Å². The average molecular weight is 1400 g/mol. The molecule has 17 nitrogen and oxygen atoms in total. The van der Waals surface area contributed by atoms with Gasteiger partial charge in [0.05, 0.1) is 26.4 Å². The first-order valence-electron chi connectivity index (χ1n) is 39.7. The van der Waals surface area contributed by atoms with Crippen molar-refractivity contribution in [1.82, 2.24) is 0 Å². The van der Waals surface area contributed by atoms with Crippen LogP contribution in [0, 0.1) is 5.92 Å². The summed E-state index contributed by atoms with van der Waals surface area (Å²) in [4.78, 5) is 72.7. The molecule has 0 aliphatic heterocycles. The molecule has 0 saturated heterocycles. The van der Waals surface area contributed by atoms with Crippen molar-refractivity contribution in [1.29, 1.82) is 0 Å². The number of carbonyl (C=O) groups is 4. The summed E-state index contributed by atoms with van der Waals surface area (Å²) in [5, 5.41) is 10.6. The molecule has 95 heavy (non-hydrogen) atoms. The highest BCUT2D eigenvalue weighted by Crippen LogP contribution is 2.45. The normalized spacial score (nSPS) is 14.2. The molecule has 0 aromatic heterocycles. The number of hydrogen-bond donors (Lipinski definition) is 3. The molecule has 0 spiro atoms. The minimum absolute atomic E-state index is 0.107. The topological polar surface area (TPSA) is 237 Å². The summed E-state index contributed by atoms with van der Waals surface area (Å²) < 4.78 is 68.5. The van der Waals surface area contributed by atoms with E-state index >= 15 is 0 Å². The Morgan fingerprint density at radius 3 is 0.747 bits per heavy atom. The van der Waals surface area contributed by atoms with Gasteiger partial charge in [-0.25, -0.2) is 9.13 Å². The summed E-state index contributed by atoms with van der Waals surface area (Å²) in [6.07, 6.45) is 58.2. The Morgan fingerprint density at radius 1 is 0.295 bits per heavy atom. The van der Waals surface area contributed by atoms with Crippen molar-refractivity contribution in [2.45, 2.75) is 419 Å². The van der Waals surface area contributed by atoms with Gasteiger partial charge in [-0.2, -0.15) is 0 Å². The van der Waals surface area contributed by atoms with Gasteiger partial charge in [0.2, 0.25) is 0 Å². The number of phosphoric ester groups is 2. The minimum atomic E-state index is -4.96. The van der Waals surface area contributed by atoms with Crippen LogP contribution in [0.3, 0.4) is 0 Å². The van der Waals surface area contributed by atoms with Gasteiger partial charge in [-0.3, -0.25) is 37.3 Å². The molecule has 0 aromatic rings. The second kappa shape index (κ2) is 69.2. The van der Waals surface area contributed by atoms with Crippen LogP contribution in [0.15, 0.2) is 0 Å². The Morgan fingerprint density at radius 2 is 0.505 bits per heavy atom. The lowest BCUT2D eigenvalue weighted by Crippen LogP contribution is -2.30. The predicted octanol–water partition coefficient (Wildman–Crippen LogP) is 22.5. The third kappa shape index (κ3) is 69.0. The monoisotopic (exact) mass is 1400 g/mol. The van der Waals surface area contributed by atoms with E-state index in [0.717, 1.165) is 102 Å². The van der Waals surface area contributed by atoms with Crippen LogP contribution in [-0.2, 0) is 65.4 Å². The van der Waals surface area contributed by atoms with Crippen LogP contribution < -0.4 is 0 Å². The maximum atomic E-state index is 13.1. The van der Waals surface area contributed by atoms with Gasteiger partial charge in [0, 0.05) is 25.7 Å². The lowest BCUT2D eigenvalue weighted by atomic mass is 9.99. The Kier molecular flexibility index (Phi) is 67.7. The predicted molar refractivity (Wildman–Crippen MR) is 386 cm³/mol. The number of aliphatic hydroxyl groups excluding tert-OH is 1. The van der Waals surface area contributed by atoms with Crippen molar-refractivity contribution >= 4 is 39.5 Å². The van der Waals surface area contributed by atoms with E-state index in [9.17, 15) is 43.2 Å². The molecule has 0 aliphatic carbocycles. The van der Waals surface area contributed by atoms with E-state index in [4.69, 9.17) is 37.0 Å². The maximum Gasteiger partial charge on any atom is 0.472 e. The first kappa shape index (κ1) is 93.1. The van der Waals surface area contributed by atoms with E-state index in [-0.39, 0.29) is 25.7 Å². The number of hydrogen-bond acceptors (Lipinski definition) is 15. The summed E-state index contributed by atoms with van der Waals surface area (Å²) >= 11 is 0. The fraction of sp³-hybridized carbons (Fsp3) is 0.947. The van der Waals surface area contributed by atoms with Crippen LogP contribution in [0.4, 0.5) is 0 Å². The van der Waals surface area contributed by atoms with Crippen LogP contribution in [0.2, 0.25) is 0 Å². The second-order valence-electron chi connectivity index (χ2n) is 27.6. The molecule has 0 amide bonds. The Hall–Kier alpha value is -1.94.